The van der Waals surface area contributed by atoms with Crippen LogP contribution in [0.5, 0.6) is 0 Å². The fraction of sp³-hybridized carbons (Fsp3) is 0.286. The first-order valence-corrected chi connectivity index (χ1v) is 9.44. The van der Waals surface area contributed by atoms with Crippen molar-refractivity contribution in [2.45, 2.75) is 19.4 Å². The van der Waals surface area contributed by atoms with Gasteiger partial charge in [0, 0.05) is 43.0 Å². The Morgan fingerprint density at radius 1 is 1.21 bits per heavy atom. The Morgan fingerprint density at radius 3 is 2.93 bits per heavy atom. The average molecular weight is 376 g/mol. The normalized spacial score (nSPS) is 16.9. The number of hydrogen-bond donors (Lipinski definition) is 1. The number of likely N-dealkylation sites (N-methyl/N-ethyl adjacent to an activating group) is 1. The van der Waals surface area contributed by atoms with Gasteiger partial charge in [-0.25, -0.2) is 19.3 Å². The third kappa shape index (κ3) is 2.88. The van der Waals surface area contributed by atoms with Crippen molar-refractivity contribution in [3.05, 3.63) is 54.4 Å². The number of fused-ring (bicyclic) bond motifs is 2. The summed E-state index contributed by atoms with van der Waals surface area (Å²) in [6.45, 7) is 3.90. The van der Waals surface area contributed by atoms with E-state index in [1.807, 2.05) is 31.5 Å². The van der Waals surface area contributed by atoms with Crippen LogP contribution in [0.2, 0.25) is 0 Å². The molecule has 1 aliphatic heterocycles. The molecule has 28 heavy (non-hydrogen) atoms. The first-order chi connectivity index (χ1) is 13.6. The molecule has 4 aromatic rings. The minimum atomic E-state index is -0.359. The zero-order valence-corrected chi connectivity index (χ0v) is 15.9. The smallest absolute Gasteiger partial charge is 0.173 e. The number of aromatic nitrogens is 4. The predicted molar refractivity (Wildman–Crippen MR) is 108 cm³/mol. The third-order valence-electron chi connectivity index (χ3n) is 5.44. The molecule has 1 saturated heterocycles. The van der Waals surface area contributed by atoms with Gasteiger partial charge in [0.15, 0.2) is 17.1 Å². The van der Waals surface area contributed by atoms with Gasteiger partial charge in [-0.05, 0) is 44.2 Å². The van der Waals surface area contributed by atoms with Gasteiger partial charge in [0.05, 0.1) is 23.3 Å². The SMILES string of the molecule is Cc1cn2cc(-c3ccc4cc(N(C)C5CCNC5)cnc4n3)cc(F)c2n1. The summed E-state index contributed by atoms with van der Waals surface area (Å²) >= 11 is 0. The number of halogens is 1. The summed E-state index contributed by atoms with van der Waals surface area (Å²) in [5.74, 6) is -0.359. The van der Waals surface area contributed by atoms with Crippen molar-refractivity contribution in [2.75, 3.05) is 25.0 Å². The van der Waals surface area contributed by atoms with Gasteiger partial charge >= 0.3 is 0 Å². The van der Waals surface area contributed by atoms with E-state index in [1.54, 1.807) is 10.6 Å². The minimum absolute atomic E-state index is 0.328. The van der Waals surface area contributed by atoms with E-state index < -0.39 is 0 Å². The van der Waals surface area contributed by atoms with Crippen molar-refractivity contribution < 1.29 is 4.39 Å². The predicted octanol–water partition coefficient (Wildman–Crippen LogP) is 3.19. The van der Waals surface area contributed by atoms with Crippen LogP contribution in [0.15, 0.2) is 42.9 Å². The van der Waals surface area contributed by atoms with E-state index in [9.17, 15) is 4.39 Å². The fourth-order valence-corrected chi connectivity index (χ4v) is 3.85. The van der Waals surface area contributed by atoms with E-state index in [0.717, 1.165) is 36.3 Å². The molecule has 0 amide bonds. The number of hydrogen-bond acceptors (Lipinski definition) is 5. The maximum Gasteiger partial charge on any atom is 0.173 e. The lowest BCUT2D eigenvalue weighted by Crippen LogP contribution is -2.33. The van der Waals surface area contributed by atoms with E-state index in [2.05, 4.69) is 38.3 Å². The second-order valence-electron chi connectivity index (χ2n) is 7.38. The Balaban J connectivity index is 1.52. The maximum absolute atomic E-state index is 14.4. The molecule has 0 saturated carbocycles. The summed E-state index contributed by atoms with van der Waals surface area (Å²) in [7, 11) is 2.10. The Kier molecular flexibility index (Phi) is 3.98. The summed E-state index contributed by atoms with van der Waals surface area (Å²) in [5.41, 5.74) is 4.23. The van der Waals surface area contributed by atoms with E-state index >= 15 is 0 Å². The molecule has 0 radical (unpaired) electrons. The maximum atomic E-state index is 14.4. The summed E-state index contributed by atoms with van der Waals surface area (Å²) in [4.78, 5) is 15.7. The molecule has 7 heteroatoms. The van der Waals surface area contributed by atoms with Crippen molar-refractivity contribution in [2.24, 2.45) is 0 Å². The van der Waals surface area contributed by atoms with Gasteiger partial charge in [-0.15, -0.1) is 0 Å². The van der Waals surface area contributed by atoms with Crippen LogP contribution in [-0.4, -0.2) is 45.5 Å². The molecule has 0 bridgehead atoms. The summed E-state index contributed by atoms with van der Waals surface area (Å²) < 4.78 is 16.1. The van der Waals surface area contributed by atoms with Gasteiger partial charge in [0.25, 0.3) is 0 Å². The number of imidazole rings is 1. The molecule has 1 atom stereocenters. The lowest BCUT2D eigenvalue weighted by molar-refractivity contribution is 0.630. The topological polar surface area (TPSA) is 58.4 Å². The zero-order chi connectivity index (χ0) is 19.3. The van der Waals surface area contributed by atoms with Crippen molar-refractivity contribution in [3.63, 3.8) is 0 Å². The molecule has 1 unspecified atom stereocenters. The van der Waals surface area contributed by atoms with Gasteiger partial charge in [0.1, 0.15) is 0 Å². The van der Waals surface area contributed by atoms with Crippen molar-refractivity contribution in [1.29, 1.82) is 0 Å². The highest BCUT2D eigenvalue weighted by atomic mass is 19.1. The Morgan fingerprint density at radius 2 is 2.11 bits per heavy atom. The van der Waals surface area contributed by atoms with Crippen LogP contribution in [-0.2, 0) is 0 Å². The van der Waals surface area contributed by atoms with Crippen LogP contribution < -0.4 is 10.2 Å². The second-order valence-corrected chi connectivity index (χ2v) is 7.38. The molecule has 5 rings (SSSR count). The second kappa shape index (κ2) is 6.53. The molecule has 1 fully saturated rings. The molecule has 6 nitrogen and oxygen atoms in total. The number of pyridine rings is 3. The van der Waals surface area contributed by atoms with Gasteiger partial charge in [-0.1, -0.05) is 0 Å². The van der Waals surface area contributed by atoms with Crippen LogP contribution in [0.4, 0.5) is 10.1 Å². The number of rotatable bonds is 3. The highest BCUT2D eigenvalue weighted by Gasteiger charge is 2.20. The van der Waals surface area contributed by atoms with Crippen LogP contribution in [0.3, 0.4) is 0 Å². The molecule has 0 spiro atoms. The number of aryl methyl sites for hydroxylation is 1. The van der Waals surface area contributed by atoms with Crippen LogP contribution in [0.1, 0.15) is 12.1 Å². The van der Waals surface area contributed by atoms with E-state index in [0.29, 0.717) is 28.6 Å². The lowest BCUT2D eigenvalue weighted by atomic mass is 10.1. The minimum Gasteiger partial charge on any atom is -0.369 e. The molecule has 0 aromatic carbocycles. The Bertz CT molecular complexity index is 1180. The van der Waals surface area contributed by atoms with Crippen molar-refractivity contribution in [3.8, 4) is 11.3 Å². The van der Waals surface area contributed by atoms with Gasteiger partial charge in [0.2, 0.25) is 0 Å². The molecular formula is C21H21FN6. The van der Waals surface area contributed by atoms with Crippen LogP contribution in [0.25, 0.3) is 27.9 Å². The quantitative estimate of drug-likeness (QED) is 0.595. The molecular weight excluding hydrogens is 355 g/mol. The zero-order valence-electron chi connectivity index (χ0n) is 15.9. The summed E-state index contributed by atoms with van der Waals surface area (Å²) in [6.07, 6.45) is 6.65. The first-order valence-electron chi connectivity index (χ1n) is 9.44. The van der Waals surface area contributed by atoms with Gasteiger partial charge in [-0.3, -0.25) is 0 Å². The largest absolute Gasteiger partial charge is 0.369 e. The van der Waals surface area contributed by atoms with E-state index in [4.69, 9.17) is 0 Å². The fourth-order valence-electron chi connectivity index (χ4n) is 3.85. The van der Waals surface area contributed by atoms with Crippen molar-refractivity contribution in [1.82, 2.24) is 24.7 Å². The standard InChI is InChI=1S/C21H21FN6/c1-13-11-28-12-15(8-18(22)21(28)25-13)19-4-3-14-7-17(10-24-20(14)26-19)27(2)16-5-6-23-9-16/h3-4,7-8,10-12,16,23H,5-6,9H2,1-2H3. The van der Waals surface area contributed by atoms with Crippen LogP contribution >= 0.6 is 0 Å². The number of nitrogens with zero attached hydrogens (tertiary/aromatic N) is 5. The first kappa shape index (κ1) is 17.1. The van der Waals surface area contributed by atoms with E-state index in [-0.39, 0.29) is 5.82 Å². The summed E-state index contributed by atoms with van der Waals surface area (Å²) in [5, 5.41) is 4.36. The molecule has 4 aromatic heterocycles. The molecule has 5 heterocycles. The summed E-state index contributed by atoms with van der Waals surface area (Å²) in [6, 6.07) is 7.98. The van der Waals surface area contributed by atoms with E-state index in [1.165, 1.54) is 6.07 Å². The van der Waals surface area contributed by atoms with Gasteiger partial charge < -0.3 is 14.6 Å². The molecule has 1 N–H and O–H groups in total. The highest BCUT2D eigenvalue weighted by Crippen LogP contribution is 2.26. The molecule has 1 aliphatic rings. The molecule has 0 aliphatic carbocycles. The van der Waals surface area contributed by atoms with Gasteiger partial charge in [-0.2, -0.15) is 0 Å². The Labute approximate surface area is 162 Å². The average Bonchev–Trinajstić information content (AvgIpc) is 3.36. The van der Waals surface area contributed by atoms with Crippen molar-refractivity contribution >= 4 is 22.4 Å². The number of nitrogens with one attached hydrogen (secondary N) is 1. The van der Waals surface area contributed by atoms with Crippen LogP contribution in [0, 0.1) is 12.7 Å². The lowest BCUT2D eigenvalue weighted by Gasteiger charge is -2.25. The highest BCUT2D eigenvalue weighted by molar-refractivity contribution is 5.81. The third-order valence-corrected chi connectivity index (χ3v) is 5.44. The number of anilines is 1. The molecule has 142 valence electrons. The Hall–Kier alpha value is -3.06. The monoisotopic (exact) mass is 376 g/mol.